The Morgan fingerprint density at radius 1 is 1.13 bits per heavy atom. The average molecular weight is 420 g/mol. The van der Waals surface area contributed by atoms with Crippen molar-refractivity contribution in [3.05, 3.63) is 71.9 Å². The van der Waals surface area contributed by atoms with Gasteiger partial charge in [-0.25, -0.2) is 0 Å². The van der Waals surface area contributed by atoms with Gasteiger partial charge in [0.15, 0.2) is 11.5 Å². The van der Waals surface area contributed by atoms with E-state index in [1.165, 1.54) is 0 Å². The van der Waals surface area contributed by atoms with Crippen LogP contribution in [0.2, 0.25) is 0 Å². The number of H-pyrrole nitrogens is 1. The summed E-state index contributed by atoms with van der Waals surface area (Å²) in [5.41, 5.74) is 3.98. The Kier molecular flexibility index (Phi) is 7.87. The number of benzene rings is 2. The number of aryl methyl sites for hydroxylation is 1. The highest BCUT2D eigenvalue weighted by Crippen LogP contribution is 2.28. The van der Waals surface area contributed by atoms with Gasteiger partial charge in [-0.05, 0) is 49.6 Å². The number of hydrogen-bond acceptors (Lipinski definition) is 4. The summed E-state index contributed by atoms with van der Waals surface area (Å²) in [5, 5.41) is 7.47. The highest BCUT2D eigenvalue weighted by Gasteiger charge is 2.08. The third kappa shape index (κ3) is 6.22. The standard InChI is InChI=1S/C25H29N3O3/c1-4-31-24-17-19(12-14-23(24)30-3)13-15-25(29)28(2)16-8-11-21-18-22(27-26-21)20-9-6-5-7-10-20/h5-7,9-10,12-15,17-18H,4,8,11,16H2,1-3H3,(H,26,27)/b15-13+. The lowest BCUT2D eigenvalue weighted by atomic mass is 10.1. The van der Waals surface area contributed by atoms with E-state index in [0.717, 1.165) is 35.4 Å². The fourth-order valence-corrected chi connectivity index (χ4v) is 3.22. The number of rotatable bonds is 10. The van der Waals surface area contributed by atoms with Gasteiger partial charge in [-0.1, -0.05) is 36.4 Å². The van der Waals surface area contributed by atoms with E-state index >= 15 is 0 Å². The lowest BCUT2D eigenvalue weighted by Gasteiger charge is -2.14. The second-order valence-corrected chi connectivity index (χ2v) is 7.18. The van der Waals surface area contributed by atoms with E-state index in [-0.39, 0.29) is 5.91 Å². The molecule has 3 rings (SSSR count). The Morgan fingerprint density at radius 2 is 1.94 bits per heavy atom. The van der Waals surface area contributed by atoms with Crippen molar-refractivity contribution < 1.29 is 14.3 Å². The Labute approximate surface area is 183 Å². The molecule has 2 aromatic carbocycles. The molecule has 6 heteroatoms. The molecule has 1 N–H and O–H groups in total. The Bertz CT molecular complexity index is 1010. The molecule has 0 aliphatic rings. The van der Waals surface area contributed by atoms with Crippen molar-refractivity contribution in [2.24, 2.45) is 0 Å². The number of hydrogen-bond donors (Lipinski definition) is 1. The van der Waals surface area contributed by atoms with E-state index in [1.54, 1.807) is 24.2 Å². The lowest BCUT2D eigenvalue weighted by molar-refractivity contribution is -0.124. The van der Waals surface area contributed by atoms with Crippen molar-refractivity contribution in [2.45, 2.75) is 19.8 Å². The van der Waals surface area contributed by atoms with Crippen LogP contribution in [0.5, 0.6) is 11.5 Å². The predicted octanol–water partition coefficient (Wildman–Crippen LogP) is 4.59. The third-order valence-electron chi connectivity index (χ3n) is 4.92. The van der Waals surface area contributed by atoms with Gasteiger partial charge >= 0.3 is 0 Å². The van der Waals surface area contributed by atoms with Crippen molar-refractivity contribution >= 4 is 12.0 Å². The lowest BCUT2D eigenvalue weighted by Crippen LogP contribution is -2.26. The molecule has 0 atom stereocenters. The largest absolute Gasteiger partial charge is 0.493 e. The van der Waals surface area contributed by atoms with Crippen LogP contribution in [0.25, 0.3) is 17.3 Å². The number of carbonyl (C=O) groups excluding carboxylic acids is 1. The molecule has 31 heavy (non-hydrogen) atoms. The maximum atomic E-state index is 12.4. The minimum absolute atomic E-state index is 0.0386. The first kappa shape index (κ1) is 22.2. The van der Waals surface area contributed by atoms with E-state index in [4.69, 9.17) is 9.47 Å². The molecule has 0 spiro atoms. The fraction of sp³-hybridized carbons (Fsp3) is 0.280. The van der Waals surface area contributed by atoms with Crippen LogP contribution in [0.1, 0.15) is 24.6 Å². The van der Waals surface area contributed by atoms with Crippen molar-refractivity contribution in [3.8, 4) is 22.8 Å². The molecule has 0 unspecified atom stereocenters. The number of methoxy groups -OCH3 is 1. The van der Waals surface area contributed by atoms with Crippen molar-refractivity contribution in [2.75, 3.05) is 27.3 Å². The van der Waals surface area contributed by atoms with Gasteiger partial charge in [0.05, 0.1) is 19.4 Å². The predicted molar refractivity (Wildman–Crippen MR) is 123 cm³/mol. The molecule has 0 bridgehead atoms. The van der Waals surface area contributed by atoms with Gasteiger partial charge in [0.2, 0.25) is 5.91 Å². The Hall–Kier alpha value is -3.54. The maximum Gasteiger partial charge on any atom is 0.246 e. The highest BCUT2D eigenvalue weighted by atomic mass is 16.5. The van der Waals surface area contributed by atoms with Gasteiger partial charge in [-0.3, -0.25) is 9.89 Å². The van der Waals surface area contributed by atoms with Gasteiger partial charge < -0.3 is 14.4 Å². The average Bonchev–Trinajstić information content (AvgIpc) is 3.27. The summed E-state index contributed by atoms with van der Waals surface area (Å²) < 4.78 is 10.9. The minimum atomic E-state index is -0.0386. The summed E-state index contributed by atoms with van der Waals surface area (Å²) in [7, 11) is 3.42. The number of amides is 1. The van der Waals surface area contributed by atoms with Crippen LogP contribution in [0.15, 0.2) is 60.7 Å². The van der Waals surface area contributed by atoms with E-state index in [1.807, 2.05) is 62.5 Å². The second-order valence-electron chi connectivity index (χ2n) is 7.18. The molecule has 0 fully saturated rings. The number of ether oxygens (including phenoxy) is 2. The zero-order chi connectivity index (χ0) is 22.1. The normalized spacial score (nSPS) is 10.9. The molecule has 0 saturated carbocycles. The molecule has 0 radical (unpaired) electrons. The summed E-state index contributed by atoms with van der Waals surface area (Å²) in [6.45, 7) is 3.14. The minimum Gasteiger partial charge on any atom is -0.493 e. The van der Waals surface area contributed by atoms with Gasteiger partial charge in [-0.15, -0.1) is 0 Å². The number of nitrogens with one attached hydrogen (secondary N) is 1. The van der Waals surface area contributed by atoms with Crippen molar-refractivity contribution in [3.63, 3.8) is 0 Å². The number of aromatic nitrogens is 2. The molecule has 3 aromatic rings. The van der Waals surface area contributed by atoms with Gasteiger partial charge in [-0.2, -0.15) is 5.10 Å². The molecule has 1 heterocycles. The first-order valence-corrected chi connectivity index (χ1v) is 10.4. The summed E-state index contributed by atoms with van der Waals surface area (Å²) >= 11 is 0. The van der Waals surface area contributed by atoms with Crippen LogP contribution in [-0.4, -0.2) is 48.3 Å². The zero-order valence-electron chi connectivity index (χ0n) is 18.3. The number of likely N-dealkylation sites (N-methyl/N-ethyl adjacent to an activating group) is 1. The first-order chi connectivity index (χ1) is 15.1. The summed E-state index contributed by atoms with van der Waals surface area (Å²) in [4.78, 5) is 14.2. The molecule has 0 aliphatic carbocycles. The van der Waals surface area contributed by atoms with E-state index in [2.05, 4.69) is 16.3 Å². The number of nitrogens with zero attached hydrogens (tertiary/aromatic N) is 2. The molecule has 162 valence electrons. The summed E-state index contributed by atoms with van der Waals surface area (Å²) in [5.74, 6) is 1.31. The molecule has 1 amide bonds. The SMILES string of the molecule is CCOc1cc(/C=C/C(=O)N(C)CCCc2cc(-c3ccccc3)n[nH]2)ccc1OC. The van der Waals surface area contributed by atoms with Crippen LogP contribution in [-0.2, 0) is 11.2 Å². The molecule has 1 aromatic heterocycles. The molecular weight excluding hydrogens is 390 g/mol. The Morgan fingerprint density at radius 3 is 2.68 bits per heavy atom. The van der Waals surface area contributed by atoms with Crippen LogP contribution in [0.3, 0.4) is 0 Å². The summed E-state index contributed by atoms with van der Waals surface area (Å²) in [6.07, 6.45) is 5.06. The number of aromatic amines is 1. The smallest absolute Gasteiger partial charge is 0.246 e. The van der Waals surface area contributed by atoms with Crippen LogP contribution in [0.4, 0.5) is 0 Å². The molecule has 0 aliphatic heterocycles. The summed E-state index contributed by atoms with van der Waals surface area (Å²) in [6, 6.07) is 17.7. The Balaban J connectivity index is 1.50. The number of carbonyl (C=O) groups is 1. The second kappa shape index (κ2) is 11.0. The quantitative estimate of drug-likeness (QED) is 0.488. The first-order valence-electron chi connectivity index (χ1n) is 10.4. The zero-order valence-corrected chi connectivity index (χ0v) is 18.3. The van der Waals surface area contributed by atoms with Crippen LogP contribution >= 0.6 is 0 Å². The van der Waals surface area contributed by atoms with Crippen molar-refractivity contribution in [1.29, 1.82) is 0 Å². The molecule has 6 nitrogen and oxygen atoms in total. The van der Waals surface area contributed by atoms with Gasteiger partial charge in [0.1, 0.15) is 0 Å². The van der Waals surface area contributed by atoms with Gasteiger partial charge in [0, 0.05) is 30.9 Å². The molecule has 0 saturated heterocycles. The third-order valence-corrected chi connectivity index (χ3v) is 4.92. The van der Waals surface area contributed by atoms with Crippen LogP contribution in [0, 0.1) is 0 Å². The van der Waals surface area contributed by atoms with E-state index < -0.39 is 0 Å². The topological polar surface area (TPSA) is 67.5 Å². The highest BCUT2D eigenvalue weighted by molar-refractivity contribution is 5.91. The van der Waals surface area contributed by atoms with Crippen LogP contribution < -0.4 is 9.47 Å². The monoisotopic (exact) mass is 419 g/mol. The van der Waals surface area contributed by atoms with Gasteiger partial charge in [0.25, 0.3) is 0 Å². The van der Waals surface area contributed by atoms with E-state index in [0.29, 0.717) is 24.7 Å². The molecular formula is C25H29N3O3. The van der Waals surface area contributed by atoms with Crippen molar-refractivity contribution in [1.82, 2.24) is 15.1 Å². The maximum absolute atomic E-state index is 12.4. The fourth-order valence-electron chi connectivity index (χ4n) is 3.22. The van der Waals surface area contributed by atoms with E-state index in [9.17, 15) is 4.79 Å².